The molecule has 0 saturated carbocycles. The molecule has 0 fully saturated rings. The minimum atomic E-state index is 0.345. The molecule has 1 unspecified atom stereocenters. The Kier molecular flexibility index (Phi) is 3.83. The molecule has 2 aromatic carbocycles. The number of hydrogen-bond acceptors (Lipinski definition) is 2. The van der Waals surface area contributed by atoms with Crippen LogP contribution in [0.2, 0.25) is 5.02 Å². The first-order valence-corrected chi connectivity index (χ1v) is 6.87. The molecule has 0 aromatic heterocycles. The molecule has 1 aliphatic rings. The SMILES string of the molecule is Clc1ccc2c(c1)CC(NOCc1ccccc1)C2. The van der Waals surface area contributed by atoms with Crippen molar-refractivity contribution in [2.45, 2.75) is 25.5 Å². The fraction of sp³-hybridized carbons (Fsp3) is 0.250. The van der Waals surface area contributed by atoms with Crippen molar-refractivity contribution in [2.24, 2.45) is 0 Å². The summed E-state index contributed by atoms with van der Waals surface area (Å²) in [6.45, 7) is 0.592. The largest absolute Gasteiger partial charge is 0.297 e. The minimum absolute atomic E-state index is 0.345. The zero-order valence-corrected chi connectivity index (χ0v) is 11.4. The zero-order chi connectivity index (χ0) is 13.1. The van der Waals surface area contributed by atoms with Gasteiger partial charge in [0.25, 0.3) is 0 Å². The number of hydrogen-bond donors (Lipinski definition) is 1. The van der Waals surface area contributed by atoms with Crippen molar-refractivity contribution < 1.29 is 4.84 Å². The summed E-state index contributed by atoms with van der Waals surface area (Å²) < 4.78 is 0. The third-order valence-corrected chi connectivity index (χ3v) is 3.67. The van der Waals surface area contributed by atoms with Crippen LogP contribution in [0, 0.1) is 0 Å². The zero-order valence-electron chi connectivity index (χ0n) is 10.6. The van der Waals surface area contributed by atoms with Crippen LogP contribution >= 0.6 is 11.6 Å². The molecule has 3 rings (SSSR count). The highest BCUT2D eigenvalue weighted by atomic mass is 35.5. The van der Waals surface area contributed by atoms with Gasteiger partial charge in [-0.3, -0.25) is 4.84 Å². The fourth-order valence-corrected chi connectivity index (χ4v) is 2.68. The Labute approximate surface area is 118 Å². The number of nitrogens with one attached hydrogen (secondary N) is 1. The van der Waals surface area contributed by atoms with E-state index in [-0.39, 0.29) is 0 Å². The lowest BCUT2D eigenvalue weighted by atomic mass is 10.1. The van der Waals surface area contributed by atoms with E-state index < -0.39 is 0 Å². The van der Waals surface area contributed by atoms with Crippen molar-refractivity contribution in [1.82, 2.24) is 5.48 Å². The Balaban J connectivity index is 1.51. The quantitative estimate of drug-likeness (QED) is 0.861. The predicted molar refractivity (Wildman–Crippen MR) is 77.0 cm³/mol. The van der Waals surface area contributed by atoms with Gasteiger partial charge in [-0.1, -0.05) is 48.0 Å². The number of fused-ring (bicyclic) bond motifs is 1. The van der Waals surface area contributed by atoms with Crippen LogP contribution in [0.3, 0.4) is 0 Å². The van der Waals surface area contributed by atoms with Crippen LogP contribution < -0.4 is 5.48 Å². The lowest BCUT2D eigenvalue weighted by Gasteiger charge is -2.11. The summed E-state index contributed by atoms with van der Waals surface area (Å²) >= 11 is 6.00. The fourth-order valence-electron chi connectivity index (χ4n) is 2.49. The molecule has 1 atom stereocenters. The van der Waals surface area contributed by atoms with Crippen LogP contribution in [-0.4, -0.2) is 6.04 Å². The summed E-state index contributed by atoms with van der Waals surface area (Å²) in [5, 5.41) is 0.810. The van der Waals surface area contributed by atoms with Crippen molar-refractivity contribution in [2.75, 3.05) is 0 Å². The number of rotatable bonds is 4. The molecule has 2 aromatic rings. The van der Waals surface area contributed by atoms with Gasteiger partial charge in [-0.15, -0.1) is 0 Å². The third-order valence-electron chi connectivity index (χ3n) is 3.43. The third kappa shape index (κ3) is 3.16. The monoisotopic (exact) mass is 273 g/mol. The Morgan fingerprint density at radius 2 is 1.84 bits per heavy atom. The standard InChI is InChI=1S/C16H16ClNO/c17-15-7-6-13-9-16(10-14(13)8-15)18-19-11-12-4-2-1-3-5-12/h1-8,16,18H,9-11H2. The topological polar surface area (TPSA) is 21.3 Å². The Morgan fingerprint density at radius 3 is 2.68 bits per heavy atom. The highest BCUT2D eigenvalue weighted by Gasteiger charge is 2.21. The number of hydroxylamine groups is 1. The van der Waals surface area contributed by atoms with Gasteiger partial charge in [-0.25, -0.2) is 0 Å². The first kappa shape index (κ1) is 12.7. The molecule has 1 N–H and O–H groups in total. The van der Waals surface area contributed by atoms with Gasteiger partial charge in [0.2, 0.25) is 0 Å². The second kappa shape index (κ2) is 5.74. The summed E-state index contributed by atoms with van der Waals surface area (Å²) in [4.78, 5) is 5.58. The summed E-state index contributed by atoms with van der Waals surface area (Å²) in [5.41, 5.74) is 7.02. The molecule has 0 radical (unpaired) electrons. The molecule has 0 amide bonds. The summed E-state index contributed by atoms with van der Waals surface area (Å²) in [5.74, 6) is 0. The molecule has 0 heterocycles. The van der Waals surface area contributed by atoms with Crippen LogP contribution in [0.4, 0.5) is 0 Å². The van der Waals surface area contributed by atoms with Crippen LogP contribution in [0.25, 0.3) is 0 Å². The van der Waals surface area contributed by atoms with Gasteiger partial charge in [0.15, 0.2) is 0 Å². The lowest BCUT2D eigenvalue weighted by Crippen LogP contribution is -2.29. The predicted octanol–water partition coefficient (Wildman–Crippen LogP) is 3.53. The van der Waals surface area contributed by atoms with E-state index in [1.165, 1.54) is 16.7 Å². The molecule has 2 nitrogen and oxygen atoms in total. The van der Waals surface area contributed by atoms with E-state index in [0.717, 1.165) is 17.9 Å². The molecule has 98 valence electrons. The molecule has 0 aliphatic heterocycles. The van der Waals surface area contributed by atoms with E-state index in [1.54, 1.807) is 0 Å². The first-order chi connectivity index (χ1) is 9.31. The van der Waals surface area contributed by atoms with Gasteiger partial charge in [0.05, 0.1) is 6.61 Å². The van der Waals surface area contributed by atoms with Crippen molar-refractivity contribution in [3.8, 4) is 0 Å². The Bertz CT molecular complexity index is 556. The minimum Gasteiger partial charge on any atom is -0.297 e. The first-order valence-electron chi connectivity index (χ1n) is 6.50. The van der Waals surface area contributed by atoms with Gasteiger partial charge < -0.3 is 0 Å². The summed E-state index contributed by atoms with van der Waals surface area (Å²) in [6.07, 6.45) is 1.98. The molecule has 0 saturated heterocycles. The van der Waals surface area contributed by atoms with E-state index in [9.17, 15) is 0 Å². The molecular weight excluding hydrogens is 258 g/mol. The lowest BCUT2D eigenvalue weighted by molar-refractivity contribution is 0.00581. The second-order valence-electron chi connectivity index (χ2n) is 4.91. The molecular formula is C16H16ClNO. The maximum Gasteiger partial charge on any atom is 0.0933 e. The van der Waals surface area contributed by atoms with Crippen molar-refractivity contribution in [3.63, 3.8) is 0 Å². The van der Waals surface area contributed by atoms with Crippen molar-refractivity contribution in [1.29, 1.82) is 0 Å². The molecule has 0 bridgehead atoms. The van der Waals surface area contributed by atoms with E-state index >= 15 is 0 Å². The molecule has 19 heavy (non-hydrogen) atoms. The normalized spacial score (nSPS) is 17.4. The highest BCUT2D eigenvalue weighted by Crippen LogP contribution is 2.25. The van der Waals surface area contributed by atoms with Gasteiger partial charge >= 0.3 is 0 Å². The van der Waals surface area contributed by atoms with Gasteiger partial charge in [0.1, 0.15) is 0 Å². The number of benzene rings is 2. The van der Waals surface area contributed by atoms with Crippen molar-refractivity contribution >= 4 is 11.6 Å². The van der Waals surface area contributed by atoms with Crippen molar-refractivity contribution in [3.05, 3.63) is 70.2 Å². The van der Waals surface area contributed by atoms with Crippen LogP contribution in [0.1, 0.15) is 16.7 Å². The molecule has 0 spiro atoms. The second-order valence-corrected chi connectivity index (χ2v) is 5.35. The summed E-state index contributed by atoms with van der Waals surface area (Å²) in [7, 11) is 0. The summed E-state index contributed by atoms with van der Waals surface area (Å²) in [6, 6.07) is 16.6. The maximum absolute atomic E-state index is 6.00. The Hall–Kier alpha value is -1.35. The van der Waals surface area contributed by atoms with E-state index in [1.807, 2.05) is 24.3 Å². The van der Waals surface area contributed by atoms with Gasteiger partial charge in [0, 0.05) is 11.1 Å². The number of halogens is 1. The average molecular weight is 274 g/mol. The van der Waals surface area contributed by atoms with Gasteiger partial charge in [-0.2, -0.15) is 5.48 Å². The highest BCUT2D eigenvalue weighted by molar-refractivity contribution is 6.30. The maximum atomic E-state index is 6.00. The molecule has 3 heteroatoms. The Morgan fingerprint density at radius 1 is 1.05 bits per heavy atom. The van der Waals surface area contributed by atoms with Crippen LogP contribution in [0.15, 0.2) is 48.5 Å². The van der Waals surface area contributed by atoms with E-state index in [2.05, 4.69) is 29.7 Å². The van der Waals surface area contributed by atoms with Crippen LogP contribution in [0.5, 0.6) is 0 Å². The van der Waals surface area contributed by atoms with E-state index in [4.69, 9.17) is 16.4 Å². The van der Waals surface area contributed by atoms with Gasteiger partial charge in [-0.05, 0) is 41.7 Å². The van der Waals surface area contributed by atoms with E-state index in [0.29, 0.717) is 12.6 Å². The van der Waals surface area contributed by atoms with Crippen LogP contribution in [-0.2, 0) is 24.3 Å². The average Bonchev–Trinajstić information content (AvgIpc) is 2.82. The molecule has 1 aliphatic carbocycles. The smallest absolute Gasteiger partial charge is 0.0933 e.